The average Bonchev–Trinajstić information content (AvgIpc) is 2.59. The van der Waals surface area contributed by atoms with Gasteiger partial charge in [-0.2, -0.15) is 0 Å². The number of sulfonamides is 1. The standard InChI is InChI=1S/C17H21N3O5S/c1-18(2)12-16(21)13-19(14-7-6-8-15(11-14)20(22)23)26(24,25)17-9-4-3-5-10-17/h3-11,16,21H,12-13H2,1-2H3/t16-/m1/s1. The molecule has 0 aromatic heterocycles. The zero-order chi connectivity index (χ0) is 19.3. The summed E-state index contributed by atoms with van der Waals surface area (Å²) >= 11 is 0. The van der Waals surface area contributed by atoms with E-state index in [9.17, 15) is 23.6 Å². The van der Waals surface area contributed by atoms with Crippen molar-refractivity contribution in [2.75, 3.05) is 31.5 Å². The maximum absolute atomic E-state index is 13.1. The van der Waals surface area contributed by atoms with E-state index >= 15 is 0 Å². The van der Waals surface area contributed by atoms with Crippen LogP contribution in [0.5, 0.6) is 0 Å². The number of non-ortho nitro benzene ring substituents is 1. The van der Waals surface area contributed by atoms with Crippen molar-refractivity contribution in [3.63, 3.8) is 0 Å². The van der Waals surface area contributed by atoms with Gasteiger partial charge in [0.25, 0.3) is 15.7 Å². The van der Waals surface area contributed by atoms with Crippen LogP contribution in [0.25, 0.3) is 0 Å². The molecule has 26 heavy (non-hydrogen) atoms. The summed E-state index contributed by atoms with van der Waals surface area (Å²) in [6.45, 7) is 0.0202. The zero-order valence-electron chi connectivity index (χ0n) is 14.5. The fraction of sp³-hybridized carbons (Fsp3) is 0.294. The molecule has 1 atom stereocenters. The highest BCUT2D eigenvalue weighted by Gasteiger charge is 2.28. The molecule has 2 aromatic carbocycles. The van der Waals surface area contributed by atoms with Gasteiger partial charge in [0.15, 0.2) is 0 Å². The maximum Gasteiger partial charge on any atom is 0.271 e. The number of nitrogens with zero attached hydrogens (tertiary/aromatic N) is 3. The highest BCUT2D eigenvalue weighted by Crippen LogP contribution is 2.27. The van der Waals surface area contributed by atoms with Crippen molar-refractivity contribution in [3.8, 4) is 0 Å². The van der Waals surface area contributed by atoms with Gasteiger partial charge in [-0.1, -0.05) is 24.3 Å². The fourth-order valence-electron chi connectivity index (χ4n) is 2.49. The number of benzene rings is 2. The lowest BCUT2D eigenvalue weighted by molar-refractivity contribution is -0.384. The smallest absolute Gasteiger partial charge is 0.271 e. The number of aliphatic hydroxyl groups is 1. The second kappa shape index (κ2) is 8.26. The molecule has 1 N–H and O–H groups in total. The number of hydrogen-bond donors (Lipinski definition) is 1. The van der Waals surface area contributed by atoms with E-state index in [-0.39, 0.29) is 29.4 Å². The zero-order valence-corrected chi connectivity index (χ0v) is 15.3. The number of rotatable bonds is 8. The first-order valence-corrected chi connectivity index (χ1v) is 9.31. The second-order valence-corrected chi connectivity index (χ2v) is 7.90. The molecule has 9 heteroatoms. The summed E-state index contributed by atoms with van der Waals surface area (Å²) in [7, 11) is -0.482. The first-order chi connectivity index (χ1) is 12.2. The van der Waals surface area contributed by atoms with Crippen molar-refractivity contribution in [1.82, 2.24) is 4.90 Å². The molecule has 0 unspecified atom stereocenters. The van der Waals surface area contributed by atoms with Gasteiger partial charge in [0, 0.05) is 18.7 Å². The number of aliphatic hydroxyl groups excluding tert-OH is 1. The lowest BCUT2D eigenvalue weighted by Gasteiger charge is -2.27. The molecule has 140 valence electrons. The van der Waals surface area contributed by atoms with Crippen LogP contribution in [0.15, 0.2) is 59.5 Å². The van der Waals surface area contributed by atoms with Crippen LogP contribution in [0.2, 0.25) is 0 Å². The Balaban J connectivity index is 2.49. The van der Waals surface area contributed by atoms with Crippen molar-refractivity contribution in [1.29, 1.82) is 0 Å². The molecule has 0 aliphatic heterocycles. The van der Waals surface area contributed by atoms with Gasteiger partial charge in [-0.25, -0.2) is 8.42 Å². The summed E-state index contributed by atoms with van der Waals surface area (Å²) in [5.41, 5.74) is -0.0984. The van der Waals surface area contributed by atoms with E-state index in [4.69, 9.17) is 0 Å². The van der Waals surface area contributed by atoms with Crippen molar-refractivity contribution >= 4 is 21.4 Å². The SMILES string of the molecule is CN(C)C[C@@H](O)CN(c1cccc([N+](=O)[O-])c1)S(=O)(=O)c1ccccc1. The van der Waals surface area contributed by atoms with E-state index in [1.165, 1.54) is 36.4 Å². The van der Waals surface area contributed by atoms with Gasteiger partial charge >= 0.3 is 0 Å². The summed E-state index contributed by atoms with van der Waals surface area (Å²) in [5.74, 6) is 0. The van der Waals surface area contributed by atoms with Crippen LogP contribution in [0, 0.1) is 10.1 Å². The molecule has 2 rings (SSSR count). The second-order valence-electron chi connectivity index (χ2n) is 6.04. The normalized spacial score (nSPS) is 12.8. The Morgan fingerprint density at radius 3 is 2.31 bits per heavy atom. The molecular formula is C17H21N3O5S. The molecule has 2 aromatic rings. The van der Waals surface area contributed by atoms with Gasteiger partial charge in [-0.3, -0.25) is 14.4 Å². The third-order valence-electron chi connectivity index (χ3n) is 3.61. The maximum atomic E-state index is 13.1. The number of hydrogen-bond acceptors (Lipinski definition) is 6. The Bertz CT molecular complexity index is 856. The highest BCUT2D eigenvalue weighted by molar-refractivity contribution is 7.92. The molecule has 8 nitrogen and oxygen atoms in total. The third kappa shape index (κ3) is 4.78. The minimum absolute atomic E-state index is 0.0450. The van der Waals surface area contributed by atoms with E-state index in [0.717, 1.165) is 4.31 Å². The van der Waals surface area contributed by atoms with Gasteiger partial charge in [0.05, 0.1) is 28.2 Å². The minimum atomic E-state index is -4.00. The van der Waals surface area contributed by atoms with Gasteiger partial charge in [0.2, 0.25) is 0 Å². The fourth-order valence-corrected chi connectivity index (χ4v) is 4.01. The first kappa shape index (κ1) is 19.8. The summed E-state index contributed by atoms with van der Waals surface area (Å²) in [6.07, 6.45) is -0.970. The predicted octanol–water partition coefficient (Wildman–Crippen LogP) is 1.71. The van der Waals surface area contributed by atoms with Crippen LogP contribution >= 0.6 is 0 Å². The Labute approximate surface area is 152 Å². The summed E-state index contributed by atoms with van der Waals surface area (Å²) in [5, 5.41) is 21.3. The minimum Gasteiger partial charge on any atom is -0.390 e. The Morgan fingerprint density at radius 2 is 1.73 bits per heavy atom. The summed E-state index contributed by atoms with van der Waals surface area (Å²) in [6, 6.07) is 13.1. The number of nitro groups is 1. The summed E-state index contributed by atoms with van der Waals surface area (Å²) in [4.78, 5) is 12.2. The van der Waals surface area contributed by atoms with Crippen LogP contribution in [-0.4, -0.2) is 56.6 Å². The molecular weight excluding hydrogens is 358 g/mol. The largest absolute Gasteiger partial charge is 0.390 e. The lowest BCUT2D eigenvalue weighted by Crippen LogP contribution is -2.41. The molecule has 0 aliphatic rings. The van der Waals surface area contributed by atoms with Gasteiger partial charge in [-0.15, -0.1) is 0 Å². The van der Waals surface area contributed by atoms with Crippen molar-refractivity contribution in [2.24, 2.45) is 0 Å². The van der Waals surface area contributed by atoms with E-state index in [0.29, 0.717) is 0 Å². The number of nitro benzene ring substituents is 1. The average molecular weight is 379 g/mol. The molecule has 0 bridgehead atoms. The molecule has 0 saturated heterocycles. The van der Waals surface area contributed by atoms with Crippen LogP contribution in [0.4, 0.5) is 11.4 Å². The number of likely N-dealkylation sites (N-methyl/N-ethyl adjacent to an activating group) is 1. The van der Waals surface area contributed by atoms with E-state index in [1.54, 1.807) is 37.2 Å². The lowest BCUT2D eigenvalue weighted by atomic mass is 10.2. The van der Waals surface area contributed by atoms with Gasteiger partial charge in [0.1, 0.15) is 0 Å². The summed E-state index contributed by atoms with van der Waals surface area (Å²) < 4.78 is 27.1. The van der Waals surface area contributed by atoms with Gasteiger partial charge in [-0.05, 0) is 32.3 Å². The molecule has 0 spiro atoms. The molecule has 0 fully saturated rings. The van der Waals surface area contributed by atoms with E-state index in [2.05, 4.69) is 0 Å². The molecule has 0 aliphatic carbocycles. The van der Waals surface area contributed by atoms with Crippen LogP contribution < -0.4 is 4.31 Å². The molecule has 0 saturated carbocycles. The van der Waals surface area contributed by atoms with Crippen LogP contribution in [-0.2, 0) is 10.0 Å². The Kier molecular flexibility index (Phi) is 6.30. The van der Waals surface area contributed by atoms with Crippen molar-refractivity contribution < 1.29 is 18.4 Å². The van der Waals surface area contributed by atoms with E-state index in [1.807, 2.05) is 0 Å². The predicted molar refractivity (Wildman–Crippen MR) is 98.6 cm³/mol. The quantitative estimate of drug-likeness (QED) is 0.553. The Morgan fingerprint density at radius 1 is 1.08 bits per heavy atom. The van der Waals surface area contributed by atoms with Crippen LogP contribution in [0.1, 0.15) is 0 Å². The van der Waals surface area contributed by atoms with Gasteiger partial charge < -0.3 is 10.0 Å². The first-order valence-electron chi connectivity index (χ1n) is 7.87. The van der Waals surface area contributed by atoms with Crippen molar-refractivity contribution in [3.05, 3.63) is 64.7 Å². The van der Waals surface area contributed by atoms with Crippen molar-refractivity contribution in [2.45, 2.75) is 11.0 Å². The molecule has 0 heterocycles. The number of anilines is 1. The third-order valence-corrected chi connectivity index (χ3v) is 5.42. The highest BCUT2D eigenvalue weighted by atomic mass is 32.2. The van der Waals surface area contributed by atoms with E-state index < -0.39 is 21.1 Å². The van der Waals surface area contributed by atoms with Crippen LogP contribution in [0.3, 0.4) is 0 Å². The molecule has 0 radical (unpaired) electrons. The topological polar surface area (TPSA) is 104 Å². The Hall–Kier alpha value is -2.49. The molecule has 0 amide bonds. The monoisotopic (exact) mass is 379 g/mol.